The number of aryl methyl sites for hydroxylation is 4. The van der Waals surface area contributed by atoms with Gasteiger partial charge in [-0.15, -0.1) is 0 Å². The highest BCUT2D eigenvalue weighted by molar-refractivity contribution is 5.03. The van der Waals surface area contributed by atoms with Crippen LogP contribution in [0.5, 0.6) is 0 Å². The highest BCUT2D eigenvalue weighted by atomic mass is 79.9. The summed E-state index contributed by atoms with van der Waals surface area (Å²) in [5.74, 6) is 0. The topological polar surface area (TPSA) is 7.76 Å². The first-order valence-electron chi connectivity index (χ1n) is 5.65. The molecule has 2 heterocycles. The Kier molecular flexibility index (Phi) is 8.03. The Hall–Kier alpha value is -0.740. The van der Waals surface area contributed by atoms with Crippen molar-refractivity contribution in [2.75, 3.05) is 0 Å². The molecule has 0 N–H and O–H groups in total. The molecule has 0 aromatic carbocycles. The number of hydrogen-bond donors (Lipinski definition) is 0. The van der Waals surface area contributed by atoms with Crippen molar-refractivity contribution in [3.8, 4) is 0 Å². The van der Waals surface area contributed by atoms with Gasteiger partial charge in [-0.25, -0.2) is 0 Å². The van der Waals surface area contributed by atoms with Crippen molar-refractivity contribution >= 4 is 0 Å². The van der Waals surface area contributed by atoms with Gasteiger partial charge in [0, 0.05) is 24.3 Å². The molecule has 2 aromatic rings. The molecule has 0 aliphatic heterocycles. The molecule has 2 aromatic heterocycles. The molecular formula is C14H18Br2N2. The molecule has 2 rings (SSSR count). The summed E-state index contributed by atoms with van der Waals surface area (Å²) in [6.07, 6.45) is 8.52. The fourth-order valence-electron chi connectivity index (χ4n) is 1.59. The quantitative estimate of drug-likeness (QED) is 0.480. The van der Waals surface area contributed by atoms with E-state index in [9.17, 15) is 0 Å². The number of nitrogens with zero attached hydrogens (tertiary/aromatic N) is 2. The van der Waals surface area contributed by atoms with Gasteiger partial charge in [-0.2, -0.15) is 9.13 Å². The molecule has 0 saturated carbocycles. The standard InChI is InChI=1S/C14H18N2.2BrH/c1-13-3-7-15(8-4-13)11-12-16-9-5-14(2)6-10-16;;/h3-10H,11-12H2,1-2H3;2*1H/q+2;;/p-2. The van der Waals surface area contributed by atoms with Crippen molar-refractivity contribution in [2.24, 2.45) is 0 Å². The van der Waals surface area contributed by atoms with Gasteiger partial charge in [0.05, 0.1) is 0 Å². The number of halogens is 2. The summed E-state index contributed by atoms with van der Waals surface area (Å²) in [5.41, 5.74) is 2.61. The molecular weight excluding hydrogens is 356 g/mol. The fraction of sp³-hybridized carbons (Fsp3) is 0.286. The molecule has 98 valence electrons. The summed E-state index contributed by atoms with van der Waals surface area (Å²) in [5, 5.41) is 0. The first-order chi connectivity index (χ1) is 7.74. The van der Waals surface area contributed by atoms with Crippen LogP contribution in [-0.2, 0) is 13.1 Å². The molecule has 0 radical (unpaired) electrons. The second kappa shape index (κ2) is 8.38. The van der Waals surface area contributed by atoms with Crippen molar-refractivity contribution in [1.29, 1.82) is 0 Å². The number of aromatic nitrogens is 2. The Morgan fingerprint density at radius 3 is 1.22 bits per heavy atom. The average Bonchev–Trinajstić information content (AvgIpc) is 2.30. The van der Waals surface area contributed by atoms with Crippen molar-refractivity contribution in [2.45, 2.75) is 26.9 Å². The van der Waals surface area contributed by atoms with Crippen LogP contribution in [0.1, 0.15) is 11.1 Å². The zero-order chi connectivity index (χ0) is 11.4. The van der Waals surface area contributed by atoms with E-state index in [1.165, 1.54) is 11.1 Å². The van der Waals surface area contributed by atoms with Gasteiger partial charge in [-0.05, 0) is 25.0 Å². The lowest BCUT2D eigenvalue weighted by molar-refractivity contribution is -0.778. The number of pyridine rings is 2. The van der Waals surface area contributed by atoms with Gasteiger partial charge >= 0.3 is 0 Å². The molecule has 0 aliphatic rings. The Bertz CT molecular complexity index is 407. The summed E-state index contributed by atoms with van der Waals surface area (Å²) in [4.78, 5) is 0. The normalized spacial score (nSPS) is 9.22. The molecule has 18 heavy (non-hydrogen) atoms. The van der Waals surface area contributed by atoms with Gasteiger partial charge in [0.25, 0.3) is 0 Å². The molecule has 0 bridgehead atoms. The van der Waals surface area contributed by atoms with Gasteiger partial charge in [-0.1, -0.05) is 0 Å². The fourth-order valence-corrected chi connectivity index (χ4v) is 1.59. The van der Waals surface area contributed by atoms with Crippen LogP contribution in [0.4, 0.5) is 0 Å². The lowest BCUT2D eigenvalue weighted by Crippen LogP contribution is -3.00. The summed E-state index contributed by atoms with van der Waals surface area (Å²) in [7, 11) is 0. The average molecular weight is 374 g/mol. The molecule has 0 unspecified atom stereocenters. The van der Waals surface area contributed by atoms with Crippen molar-refractivity contribution in [3.05, 3.63) is 60.2 Å². The van der Waals surface area contributed by atoms with E-state index < -0.39 is 0 Å². The molecule has 0 spiro atoms. The van der Waals surface area contributed by atoms with E-state index in [4.69, 9.17) is 0 Å². The largest absolute Gasteiger partial charge is 1.00 e. The number of hydrogen-bond acceptors (Lipinski definition) is 0. The van der Waals surface area contributed by atoms with Gasteiger partial charge in [0.1, 0.15) is 0 Å². The maximum Gasteiger partial charge on any atom is 0.206 e. The van der Waals surface area contributed by atoms with Gasteiger partial charge in [-0.3, -0.25) is 0 Å². The lowest BCUT2D eigenvalue weighted by Gasteiger charge is -1.96. The predicted molar refractivity (Wildman–Crippen MR) is 62.7 cm³/mol. The Morgan fingerprint density at radius 1 is 0.667 bits per heavy atom. The van der Waals surface area contributed by atoms with Crippen molar-refractivity contribution in [3.63, 3.8) is 0 Å². The van der Waals surface area contributed by atoms with E-state index in [0.29, 0.717) is 0 Å². The van der Waals surface area contributed by atoms with E-state index in [1.54, 1.807) is 0 Å². The third-order valence-corrected chi connectivity index (χ3v) is 2.73. The Balaban J connectivity index is 0.00000144. The van der Waals surface area contributed by atoms with Crippen molar-refractivity contribution < 1.29 is 43.1 Å². The zero-order valence-electron chi connectivity index (χ0n) is 10.7. The zero-order valence-corrected chi connectivity index (χ0v) is 13.9. The van der Waals surface area contributed by atoms with Crippen LogP contribution in [0.15, 0.2) is 49.1 Å². The van der Waals surface area contributed by atoms with Crippen molar-refractivity contribution in [1.82, 2.24) is 0 Å². The van der Waals surface area contributed by atoms with Crippen LogP contribution < -0.4 is 43.1 Å². The first kappa shape index (κ1) is 17.3. The van der Waals surface area contributed by atoms with Crippen LogP contribution >= 0.6 is 0 Å². The SMILES string of the molecule is Cc1cc[n+](CC[n+]2ccc(C)cc2)cc1.[Br-].[Br-]. The van der Waals surface area contributed by atoms with Crippen LogP contribution in [0.3, 0.4) is 0 Å². The molecule has 0 atom stereocenters. The first-order valence-corrected chi connectivity index (χ1v) is 5.65. The van der Waals surface area contributed by atoms with Crippen LogP contribution in [0.2, 0.25) is 0 Å². The van der Waals surface area contributed by atoms with Crippen LogP contribution in [0.25, 0.3) is 0 Å². The van der Waals surface area contributed by atoms with Crippen LogP contribution in [0, 0.1) is 13.8 Å². The number of rotatable bonds is 3. The molecule has 0 fully saturated rings. The summed E-state index contributed by atoms with van der Waals surface area (Å²) in [6.45, 7) is 6.24. The van der Waals surface area contributed by atoms with E-state index >= 15 is 0 Å². The minimum atomic E-state index is 0. The van der Waals surface area contributed by atoms with Crippen LogP contribution in [-0.4, -0.2) is 0 Å². The summed E-state index contributed by atoms with van der Waals surface area (Å²) in [6, 6.07) is 8.55. The highest BCUT2D eigenvalue weighted by Gasteiger charge is 2.04. The maximum absolute atomic E-state index is 2.21. The van der Waals surface area contributed by atoms with Gasteiger partial charge in [0.15, 0.2) is 24.8 Å². The smallest absolute Gasteiger partial charge is 0.206 e. The Morgan fingerprint density at radius 2 is 0.944 bits per heavy atom. The lowest BCUT2D eigenvalue weighted by atomic mass is 10.3. The van der Waals surface area contributed by atoms with E-state index in [2.05, 4.69) is 72.0 Å². The van der Waals surface area contributed by atoms with Gasteiger partial charge < -0.3 is 34.0 Å². The third kappa shape index (κ3) is 5.27. The van der Waals surface area contributed by atoms with E-state index in [0.717, 1.165) is 13.1 Å². The predicted octanol–water partition coefficient (Wildman–Crippen LogP) is -4.41. The molecule has 0 aliphatic carbocycles. The second-order valence-electron chi connectivity index (χ2n) is 4.23. The minimum Gasteiger partial charge on any atom is -1.00 e. The third-order valence-electron chi connectivity index (χ3n) is 2.73. The molecule has 0 amide bonds. The summed E-state index contributed by atoms with van der Waals surface area (Å²) < 4.78 is 4.42. The molecule has 0 saturated heterocycles. The Labute approximate surface area is 130 Å². The second-order valence-corrected chi connectivity index (χ2v) is 4.23. The highest BCUT2D eigenvalue weighted by Crippen LogP contribution is 1.91. The summed E-state index contributed by atoms with van der Waals surface area (Å²) >= 11 is 0. The van der Waals surface area contributed by atoms with E-state index in [1.807, 2.05) is 0 Å². The molecule has 2 nitrogen and oxygen atoms in total. The molecule has 4 heteroatoms. The van der Waals surface area contributed by atoms with Gasteiger partial charge in [0.2, 0.25) is 13.1 Å². The van der Waals surface area contributed by atoms with E-state index in [-0.39, 0.29) is 34.0 Å². The minimum absolute atomic E-state index is 0. The monoisotopic (exact) mass is 372 g/mol. The maximum atomic E-state index is 2.21.